The van der Waals surface area contributed by atoms with E-state index >= 15 is 0 Å². The van der Waals surface area contributed by atoms with Crippen LogP contribution in [0.15, 0.2) is 18.6 Å². The van der Waals surface area contributed by atoms with E-state index in [1.54, 1.807) is 13.4 Å². The summed E-state index contributed by atoms with van der Waals surface area (Å²) in [5.74, 6) is 1.05. The molecule has 0 radical (unpaired) electrons. The normalized spacial score (nSPS) is 18.9. The maximum Gasteiger partial charge on any atom is 0.142 e. The molecule has 0 spiro atoms. The molecule has 1 N–H and O–H groups in total. The van der Waals surface area contributed by atoms with Crippen molar-refractivity contribution in [2.75, 3.05) is 31.7 Å². The van der Waals surface area contributed by atoms with E-state index in [0.29, 0.717) is 5.41 Å². The SMILES string of the molecule is COCC1(C)CCN(c2ncnc3[nH]ccc23)CC1. The lowest BCUT2D eigenvalue weighted by molar-refractivity contribution is 0.0730. The molecule has 19 heavy (non-hydrogen) atoms. The molecule has 0 unspecified atom stereocenters. The Labute approximate surface area is 113 Å². The van der Waals surface area contributed by atoms with Gasteiger partial charge in [0.15, 0.2) is 0 Å². The smallest absolute Gasteiger partial charge is 0.142 e. The number of hydrogen-bond acceptors (Lipinski definition) is 4. The highest BCUT2D eigenvalue weighted by Crippen LogP contribution is 2.34. The van der Waals surface area contributed by atoms with E-state index in [2.05, 4.69) is 26.8 Å². The van der Waals surface area contributed by atoms with Gasteiger partial charge in [0.25, 0.3) is 0 Å². The third kappa shape index (κ3) is 2.30. The van der Waals surface area contributed by atoms with E-state index in [1.165, 1.54) is 0 Å². The minimum atomic E-state index is 0.301. The highest BCUT2D eigenvalue weighted by molar-refractivity contribution is 5.87. The molecule has 102 valence electrons. The number of H-pyrrole nitrogens is 1. The van der Waals surface area contributed by atoms with Crippen molar-refractivity contribution in [3.8, 4) is 0 Å². The van der Waals surface area contributed by atoms with Gasteiger partial charge in [-0.25, -0.2) is 9.97 Å². The number of nitrogens with zero attached hydrogens (tertiary/aromatic N) is 3. The number of rotatable bonds is 3. The summed E-state index contributed by atoms with van der Waals surface area (Å²) in [4.78, 5) is 14.2. The molecule has 1 aliphatic rings. The number of ether oxygens (including phenoxy) is 1. The number of aromatic nitrogens is 3. The highest BCUT2D eigenvalue weighted by atomic mass is 16.5. The van der Waals surface area contributed by atoms with Gasteiger partial charge in [0, 0.05) is 26.4 Å². The first-order chi connectivity index (χ1) is 9.22. The lowest BCUT2D eigenvalue weighted by atomic mass is 9.81. The Bertz CT molecular complexity index is 557. The molecule has 0 amide bonds. The number of nitrogens with one attached hydrogen (secondary N) is 1. The van der Waals surface area contributed by atoms with Crippen molar-refractivity contribution < 1.29 is 4.74 Å². The van der Waals surface area contributed by atoms with Crippen LogP contribution in [0, 0.1) is 5.41 Å². The summed E-state index contributed by atoms with van der Waals surface area (Å²) in [6.07, 6.45) is 5.83. The van der Waals surface area contributed by atoms with Crippen LogP contribution in [0.5, 0.6) is 0 Å². The fourth-order valence-corrected chi connectivity index (χ4v) is 2.86. The van der Waals surface area contributed by atoms with Gasteiger partial charge >= 0.3 is 0 Å². The third-order valence-electron chi connectivity index (χ3n) is 4.10. The lowest BCUT2D eigenvalue weighted by Gasteiger charge is -2.39. The van der Waals surface area contributed by atoms with Crippen LogP contribution in [0.1, 0.15) is 19.8 Å². The van der Waals surface area contributed by atoms with Gasteiger partial charge in [0.1, 0.15) is 17.8 Å². The maximum atomic E-state index is 5.33. The van der Waals surface area contributed by atoms with Crippen LogP contribution in [0.3, 0.4) is 0 Å². The van der Waals surface area contributed by atoms with E-state index in [0.717, 1.165) is 49.4 Å². The van der Waals surface area contributed by atoms with E-state index in [9.17, 15) is 0 Å². The Hall–Kier alpha value is -1.62. The van der Waals surface area contributed by atoms with E-state index in [-0.39, 0.29) is 0 Å². The van der Waals surface area contributed by atoms with Gasteiger partial charge in [-0.2, -0.15) is 0 Å². The van der Waals surface area contributed by atoms with Gasteiger partial charge in [-0.15, -0.1) is 0 Å². The molecule has 3 heterocycles. The standard InChI is InChI=1S/C14H20N4O/c1-14(9-19-2)4-7-18(8-5-14)13-11-3-6-15-12(11)16-10-17-13/h3,6,10H,4-5,7-9H2,1-2H3,(H,15,16,17). The topological polar surface area (TPSA) is 54.0 Å². The molecule has 0 aromatic carbocycles. The summed E-state index contributed by atoms with van der Waals surface area (Å²) in [7, 11) is 1.78. The zero-order chi connectivity index (χ0) is 13.3. The van der Waals surface area contributed by atoms with Crippen molar-refractivity contribution in [3.63, 3.8) is 0 Å². The number of aromatic amines is 1. The fraction of sp³-hybridized carbons (Fsp3) is 0.571. The monoisotopic (exact) mass is 260 g/mol. The largest absolute Gasteiger partial charge is 0.384 e. The molecular weight excluding hydrogens is 240 g/mol. The van der Waals surface area contributed by atoms with Gasteiger partial charge in [-0.1, -0.05) is 6.92 Å². The quantitative estimate of drug-likeness (QED) is 0.919. The third-order valence-corrected chi connectivity index (χ3v) is 4.10. The van der Waals surface area contributed by atoms with Crippen LogP contribution < -0.4 is 4.90 Å². The Balaban J connectivity index is 1.80. The van der Waals surface area contributed by atoms with Crippen LogP contribution in [0.25, 0.3) is 11.0 Å². The van der Waals surface area contributed by atoms with Crippen molar-refractivity contribution in [1.82, 2.24) is 15.0 Å². The Morgan fingerprint density at radius 1 is 1.37 bits per heavy atom. The number of methoxy groups -OCH3 is 1. The molecule has 2 aromatic rings. The van der Waals surface area contributed by atoms with Crippen molar-refractivity contribution in [3.05, 3.63) is 18.6 Å². The molecule has 2 aromatic heterocycles. The summed E-state index contributed by atoms with van der Waals surface area (Å²) in [6.45, 7) is 5.19. The Morgan fingerprint density at radius 2 is 2.16 bits per heavy atom. The van der Waals surface area contributed by atoms with Crippen LogP contribution in [0.4, 0.5) is 5.82 Å². The zero-order valence-corrected chi connectivity index (χ0v) is 11.5. The second kappa shape index (κ2) is 4.81. The van der Waals surface area contributed by atoms with Crippen molar-refractivity contribution in [2.45, 2.75) is 19.8 Å². The maximum absolute atomic E-state index is 5.33. The fourth-order valence-electron chi connectivity index (χ4n) is 2.86. The highest BCUT2D eigenvalue weighted by Gasteiger charge is 2.31. The summed E-state index contributed by atoms with van der Waals surface area (Å²) in [6, 6.07) is 2.05. The Morgan fingerprint density at radius 3 is 2.89 bits per heavy atom. The predicted molar refractivity (Wildman–Crippen MR) is 75.3 cm³/mol. The second-order valence-electron chi connectivity index (χ2n) is 5.67. The molecule has 5 nitrogen and oxygen atoms in total. The molecule has 1 saturated heterocycles. The van der Waals surface area contributed by atoms with Gasteiger partial charge in [-0.3, -0.25) is 0 Å². The van der Waals surface area contributed by atoms with Crippen LogP contribution in [-0.2, 0) is 4.74 Å². The summed E-state index contributed by atoms with van der Waals surface area (Å²) >= 11 is 0. The molecule has 5 heteroatoms. The van der Waals surface area contributed by atoms with Crippen LogP contribution in [0.2, 0.25) is 0 Å². The van der Waals surface area contributed by atoms with Crippen molar-refractivity contribution in [1.29, 1.82) is 0 Å². The minimum Gasteiger partial charge on any atom is -0.384 e. The predicted octanol–water partition coefficient (Wildman–Crippen LogP) is 2.21. The number of piperidine rings is 1. The summed E-state index contributed by atoms with van der Waals surface area (Å²) in [5.41, 5.74) is 1.21. The van der Waals surface area contributed by atoms with Crippen LogP contribution >= 0.6 is 0 Å². The average molecular weight is 260 g/mol. The lowest BCUT2D eigenvalue weighted by Crippen LogP contribution is -2.41. The molecule has 0 saturated carbocycles. The molecule has 0 bridgehead atoms. The van der Waals surface area contributed by atoms with Crippen LogP contribution in [-0.4, -0.2) is 41.8 Å². The minimum absolute atomic E-state index is 0.301. The second-order valence-corrected chi connectivity index (χ2v) is 5.67. The average Bonchev–Trinajstić information content (AvgIpc) is 2.88. The molecule has 3 rings (SSSR count). The summed E-state index contributed by atoms with van der Waals surface area (Å²) in [5, 5.41) is 1.11. The molecule has 1 fully saturated rings. The Kier molecular flexibility index (Phi) is 3.14. The van der Waals surface area contributed by atoms with E-state index < -0.39 is 0 Å². The summed E-state index contributed by atoms with van der Waals surface area (Å²) < 4.78 is 5.33. The van der Waals surface area contributed by atoms with Gasteiger partial charge in [-0.05, 0) is 24.3 Å². The van der Waals surface area contributed by atoms with E-state index in [4.69, 9.17) is 4.74 Å². The molecular formula is C14H20N4O. The molecule has 0 atom stereocenters. The van der Waals surface area contributed by atoms with Crippen molar-refractivity contribution >= 4 is 16.9 Å². The van der Waals surface area contributed by atoms with Gasteiger partial charge in [0.2, 0.25) is 0 Å². The number of hydrogen-bond donors (Lipinski definition) is 1. The first-order valence-electron chi connectivity index (χ1n) is 6.74. The number of anilines is 1. The molecule has 1 aliphatic heterocycles. The zero-order valence-electron chi connectivity index (χ0n) is 11.5. The number of fused-ring (bicyclic) bond motifs is 1. The van der Waals surface area contributed by atoms with E-state index in [1.807, 2.05) is 12.3 Å². The molecule has 0 aliphatic carbocycles. The first kappa shape index (κ1) is 12.4. The van der Waals surface area contributed by atoms with Gasteiger partial charge in [0.05, 0.1) is 12.0 Å². The van der Waals surface area contributed by atoms with Gasteiger partial charge < -0.3 is 14.6 Å². The first-order valence-corrected chi connectivity index (χ1v) is 6.74. The van der Waals surface area contributed by atoms with Crippen molar-refractivity contribution in [2.24, 2.45) is 5.41 Å².